The van der Waals surface area contributed by atoms with E-state index in [-0.39, 0.29) is 6.04 Å². The maximum absolute atomic E-state index is 10.5. The second-order valence-corrected chi connectivity index (χ2v) is 3.98. The van der Waals surface area contributed by atoms with Crippen LogP contribution in [0, 0.1) is 0 Å². The molecule has 0 aromatic carbocycles. The van der Waals surface area contributed by atoms with Gasteiger partial charge in [-0.25, -0.2) is 13.1 Å². The normalized spacial score (nSPS) is 15.4. The van der Waals surface area contributed by atoms with E-state index < -0.39 is 10.0 Å². The first-order chi connectivity index (χ1) is 3.95. The molecule has 0 amide bonds. The Bertz CT molecular complexity index is 162. The van der Waals surface area contributed by atoms with Crippen LogP contribution in [0.15, 0.2) is 0 Å². The summed E-state index contributed by atoms with van der Waals surface area (Å²) in [7, 11) is -2.99. The number of hydrogen-bond acceptors (Lipinski definition) is 2. The average Bonchev–Trinajstić information content (AvgIpc) is 1.62. The minimum absolute atomic E-state index is 0.0556. The molecule has 0 aliphatic carbocycles. The highest BCUT2D eigenvalue weighted by Gasteiger charge is 2.04. The molecule has 0 unspecified atom stereocenters. The first-order valence-electron chi connectivity index (χ1n) is 2.93. The molecule has 0 spiro atoms. The Morgan fingerprint density at radius 2 is 2.00 bits per heavy atom. The molecule has 1 N–H and O–H groups in total. The van der Waals surface area contributed by atoms with Crippen molar-refractivity contribution in [3.05, 3.63) is 0 Å². The van der Waals surface area contributed by atoms with Crippen LogP contribution in [0.1, 0.15) is 20.3 Å². The van der Waals surface area contributed by atoms with Crippen LogP contribution in [-0.4, -0.2) is 20.7 Å². The van der Waals surface area contributed by atoms with E-state index in [9.17, 15) is 8.42 Å². The van der Waals surface area contributed by atoms with Crippen LogP contribution in [0.3, 0.4) is 0 Å². The van der Waals surface area contributed by atoms with Gasteiger partial charge in [-0.1, -0.05) is 6.92 Å². The van der Waals surface area contributed by atoms with E-state index in [0.29, 0.717) is 0 Å². The van der Waals surface area contributed by atoms with Gasteiger partial charge in [0.15, 0.2) is 0 Å². The molecule has 0 aromatic heterocycles. The smallest absolute Gasteiger partial charge is 0.208 e. The van der Waals surface area contributed by atoms with Crippen molar-refractivity contribution in [1.82, 2.24) is 4.72 Å². The molecule has 0 radical (unpaired) electrons. The number of sulfonamides is 1. The SMILES string of the molecule is CC[C@H](C)NS(C)(=O)=O. The van der Waals surface area contributed by atoms with Gasteiger partial charge in [-0.3, -0.25) is 0 Å². The van der Waals surface area contributed by atoms with Crippen LogP contribution >= 0.6 is 0 Å². The molecule has 0 fully saturated rings. The quantitative estimate of drug-likeness (QED) is 0.632. The van der Waals surface area contributed by atoms with Gasteiger partial charge in [-0.05, 0) is 13.3 Å². The Morgan fingerprint density at radius 1 is 1.56 bits per heavy atom. The highest BCUT2D eigenvalue weighted by atomic mass is 32.2. The van der Waals surface area contributed by atoms with E-state index in [1.54, 1.807) is 0 Å². The van der Waals surface area contributed by atoms with E-state index in [4.69, 9.17) is 0 Å². The highest BCUT2D eigenvalue weighted by molar-refractivity contribution is 7.88. The van der Waals surface area contributed by atoms with E-state index in [0.717, 1.165) is 6.42 Å². The molecule has 0 aromatic rings. The molecular weight excluding hydrogens is 138 g/mol. The molecule has 1 atom stereocenters. The standard InChI is InChI=1S/C5H13NO2S/c1-4-5(2)6-9(3,7)8/h5-6H,4H2,1-3H3/t5-/m0/s1. The fourth-order valence-electron chi connectivity index (χ4n) is 0.449. The molecule has 0 rings (SSSR count). The maximum atomic E-state index is 10.5. The third-order valence-corrected chi connectivity index (χ3v) is 1.86. The minimum Gasteiger partial charge on any atom is -0.213 e. The third kappa shape index (κ3) is 5.79. The summed E-state index contributed by atoms with van der Waals surface area (Å²) in [5.41, 5.74) is 0. The summed E-state index contributed by atoms with van der Waals surface area (Å²) in [6, 6.07) is 0.0556. The highest BCUT2D eigenvalue weighted by Crippen LogP contribution is 1.89. The molecule has 0 saturated carbocycles. The van der Waals surface area contributed by atoms with Gasteiger partial charge < -0.3 is 0 Å². The van der Waals surface area contributed by atoms with Crippen molar-refractivity contribution in [2.75, 3.05) is 6.26 Å². The number of rotatable bonds is 3. The van der Waals surface area contributed by atoms with Gasteiger partial charge >= 0.3 is 0 Å². The Labute approximate surface area is 56.5 Å². The Morgan fingerprint density at radius 3 is 2.11 bits per heavy atom. The van der Waals surface area contributed by atoms with E-state index in [1.807, 2.05) is 13.8 Å². The summed E-state index contributed by atoms with van der Waals surface area (Å²) in [6.45, 7) is 3.77. The predicted molar refractivity (Wildman–Crippen MR) is 37.7 cm³/mol. The van der Waals surface area contributed by atoms with Gasteiger partial charge in [0, 0.05) is 6.04 Å². The summed E-state index contributed by atoms with van der Waals surface area (Å²) in [5, 5.41) is 0. The molecule has 0 bridgehead atoms. The van der Waals surface area contributed by atoms with Crippen molar-refractivity contribution in [2.45, 2.75) is 26.3 Å². The van der Waals surface area contributed by atoms with Gasteiger partial charge in [0.1, 0.15) is 0 Å². The predicted octanol–water partition coefficient (Wildman–Crippen LogP) is 0.334. The minimum atomic E-state index is -2.99. The summed E-state index contributed by atoms with van der Waals surface area (Å²) >= 11 is 0. The summed E-state index contributed by atoms with van der Waals surface area (Å²) in [4.78, 5) is 0. The second kappa shape index (κ2) is 3.17. The lowest BCUT2D eigenvalue weighted by Gasteiger charge is -2.07. The van der Waals surface area contributed by atoms with E-state index >= 15 is 0 Å². The fourth-order valence-corrected chi connectivity index (χ4v) is 1.35. The third-order valence-electron chi connectivity index (χ3n) is 1.03. The van der Waals surface area contributed by atoms with Crippen LogP contribution in [0.25, 0.3) is 0 Å². The van der Waals surface area contributed by atoms with Crippen LogP contribution in [0.5, 0.6) is 0 Å². The molecule has 3 nitrogen and oxygen atoms in total. The number of hydrogen-bond donors (Lipinski definition) is 1. The Balaban J connectivity index is 3.75. The lowest BCUT2D eigenvalue weighted by Crippen LogP contribution is -2.30. The monoisotopic (exact) mass is 151 g/mol. The lowest BCUT2D eigenvalue weighted by atomic mass is 10.3. The van der Waals surface area contributed by atoms with Crippen molar-refractivity contribution >= 4 is 10.0 Å². The van der Waals surface area contributed by atoms with Crippen LogP contribution in [0.2, 0.25) is 0 Å². The first kappa shape index (κ1) is 8.91. The molecule has 9 heavy (non-hydrogen) atoms. The van der Waals surface area contributed by atoms with Crippen molar-refractivity contribution in [3.63, 3.8) is 0 Å². The molecule has 0 aliphatic rings. The van der Waals surface area contributed by atoms with Crippen LogP contribution in [0.4, 0.5) is 0 Å². The summed E-state index contributed by atoms with van der Waals surface area (Å²) < 4.78 is 23.4. The van der Waals surface area contributed by atoms with Crippen LogP contribution in [-0.2, 0) is 10.0 Å². The Kier molecular flexibility index (Phi) is 3.14. The summed E-state index contributed by atoms with van der Waals surface area (Å²) in [6.07, 6.45) is 1.99. The largest absolute Gasteiger partial charge is 0.213 e. The zero-order chi connectivity index (χ0) is 7.49. The topological polar surface area (TPSA) is 46.2 Å². The van der Waals surface area contributed by atoms with E-state index in [2.05, 4.69) is 4.72 Å². The van der Waals surface area contributed by atoms with Gasteiger partial charge in [0.25, 0.3) is 0 Å². The molecule has 0 heterocycles. The molecule has 0 aliphatic heterocycles. The van der Waals surface area contributed by atoms with Gasteiger partial charge in [0.05, 0.1) is 6.26 Å². The first-order valence-corrected chi connectivity index (χ1v) is 4.82. The molecular formula is C5H13NO2S. The summed E-state index contributed by atoms with van der Waals surface area (Å²) in [5.74, 6) is 0. The maximum Gasteiger partial charge on any atom is 0.208 e. The molecule has 56 valence electrons. The lowest BCUT2D eigenvalue weighted by molar-refractivity contribution is 0.561. The van der Waals surface area contributed by atoms with Crippen LogP contribution < -0.4 is 4.72 Å². The second-order valence-electron chi connectivity index (χ2n) is 2.20. The zero-order valence-electron chi connectivity index (χ0n) is 6.01. The fraction of sp³-hybridized carbons (Fsp3) is 1.00. The van der Waals surface area contributed by atoms with E-state index in [1.165, 1.54) is 6.26 Å². The van der Waals surface area contributed by atoms with Gasteiger partial charge in [-0.2, -0.15) is 0 Å². The number of nitrogens with one attached hydrogen (secondary N) is 1. The zero-order valence-corrected chi connectivity index (χ0v) is 6.83. The Hall–Kier alpha value is -0.0900. The molecule has 4 heteroatoms. The molecule has 0 saturated heterocycles. The van der Waals surface area contributed by atoms with Crippen molar-refractivity contribution in [3.8, 4) is 0 Å². The van der Waals surface area contributed by atoms with Gasteiger partial charge in [0.2, 0.25) is 10.0 Å². The van der Waals surface area contributed by atoms with Gasteiger partial charge in [-0.15, -0.1) is 0 Å². The van der Waals surface area contributed by atoms with Crippen molar-refractivity contribution in [1.29, 1.82) is 0 Å². The van der Waals surface area contributed by atoms with Crippen molar-refractivity contribution < 1.29 is 8.42 Å². The van der Waals surface area contributed by atoms with Crippen molar-refractivity contribution in [2.24, 2.45) is 0 Å². The average molecular weight is 151 g/mol.